The second-order valence-corrected chi connectivity index (χ2v) is 4.34. The van der Waals surface area contributed by atoms with E-state index in [1.54, 1.807) is 23.9 Å². The van der Waals surface area contributed by atoms with Crippen LogP contribution in [0.3, 0.4) is 0 Å². The largest absolute Gasteiger partial charge is 0.324 e. The Morgan fingerprint density at radius 1 is 1.42 bits per heavy atom. The van der Waals surface area contributed by atoms with Gasteiger partial charge in [0.25, 0.3) is 11.5 Å². The van der Waals surface area contributed by atoms with E-state index in [2.05, 4.69) is 10.3 Å². The summed E-state index contributed by atoms with van der Waals surface area (Å²) in [6, 6.07) is 2.96. The fourth-order valence-electron chi connectivity index (χ4n) is 1.60. The molecule has 0 unspecified atom stereocenters. The zero-order valence-electron chi connectivity index (χ0n) is 10.6. The molecule has 0 aliphatic heterocycles. The van der Waals surface area contributed by atoms with Crippen LogP contribution in [0.25, 0.3) is 0 Å². The van der Waals surface area contributed by atoms with Crippen LogP contribution in [0, 0.1) is 0 Å². The van der Waals surface area contributed by atoms with Crippen LogP contribution in [0.5, 0.6) is 0 Å². The summed E-state index contributed by atoms with van der Waals surface area (Å²) in [6.07, 6.45) is 3.12. The first kappa shape index (κ1) is 13.4. The minimum absolute atomic E-state index is 0.110. The van der Waals surface area contributed by atoms with Gasteiger partial charge in [0.1, 0.15) is 5.69 Å². The fraction of sp³-hybridized carbons (Fsp3) is 0.250. The maximum Gasteiger partial charge on any atom is 0.275 e. The predicted molar refractivity (Wildman–Crippen MR) is 72.5 cm³/mol. The summed E-state index contributed by atoms with van der Waals surface area (Å²) in [5.41, 5.74) is 0.649. The van der Waals surface area contributed by atoms with Gasteiger partial charge >= 0.3 is 0 Å². The molecule has 2 aromatic rings. The monoisotopic (exact) mass is 280 g/mol. The average molecular weight is 281 g/mol. The summed E-state index contributed by atoms with van der Waals surface area (Å²) in [7, 11) is 1.70. The molecule has 100 valence electrons. The summed E-state index contributed by atoms with van der Waals surface area (Å²) < 4.78 is 3.05. The normalized spacial score (nSPS) is 10.5. The van der Waals surface area contributed by atoms with Crippen molar-refractivity contribution in [3.8, 4) is 0 Å². The first-order valence-corrected chi connectivity index (χ1v) is 6.09. The highest BCUT2D eigenvalue weighted by atomic mass is 35.5. The Kier molecular flexibility index (Phi) is 3.71. The van der Waals surface area contributed by atoms with Crippen LogP contribution >= 0.6 is 11.6 Å². The van der Waals surface area contributed by atoms with Crippen LogP contribution < -0.4 is 10.9 Å². The molecule has 0 aromatic carbocycles. The molecule has 6 nitrogen and oxygen atoms in total. The number of rotatable bonds is 3. The van der Waals surface area contributed by atoms with E-state index in [1.807, 2.05) is 6.92 Å². The summed E-state index contributed by atoms with van der Waals surface area (Å²) in [4.78, 5) is 27.3. The number of nitrogens with zero attached hydrogens (tertiary/aromatic N) is 3. The van der Waals surface area contributed by atoms with Gasteiger partial charge in [-0.05, 0) is 24.6 Å². The van der Waals surface area contributed by atoms with Crippen LogP contribution in [-0.2, 0) is 13.6 Å². The fourth-order valence-corrected chi connectivity index (χ4v) is 1.74. The number of anilines is 1. The zero-order chi connectivity index (χ0) is 14.0. The molecule has 2 aromatic heterocycles. The molecule has 0 atom stereocenters. The van der Waals surface area contributed by atoms with Crippen LogP contribution in [-0.4, -0.2) is 20.0 Å². The van der Waals surface area contributed by atoms with Gasteiger partial charge in [-0.3, -0.25) is 9.59 Å². The molecule has 7 heteroatoms. The Morgan fingerprint density at radius 2 is 2.16 bits per heavy atom. The van der Waals surface area contributed by atoms with E-state index in [0.29, 0.717) is 12.2 Å². The number of halogens is 1. The molecule has 1 N–H and O–H groups in total. The molecule has 0 spiro atoms. The Hall–Kier alpha value is -2.08. The van der Waals surface area contributed by atoms with Gasteiger partial charge in [-0.2, -0.15) is 0 Å². The minimum atomic E-state index is -0.371. The first-order chi connectivity index (χ1) is 9.01. The zero-order valence-corrected chi connectivity index (χ0v) is 11.3. The second kappa shape index (κ2) is 5.27. The van der Waals surface area contributed by atoms with Crippen molar-refractivity contribution in [1.29, 1.82) is 0 Å². The smallest absolute Gasteiger partial charge is 0.275 e. The number of carbonyl (C=O) groups excluding carboxylic acids is 1. The van der Waals surface area contributed by atoms with Gasteiger partial charge in [-0.25, -0.2) is 4.98 Å². The Bertz CT molecular complexity index is 655. The van der Waals surface area contributed by atoms with Gasteiger partial charge < -0.3 is 14.5 Å². The second-order valence-electron chi connectivity index (χ2n) is 4.00. The van der Waals surface area contributed by atoms with E-state index in [0.717, 1.165) is 0 Å². The lowest BCUT2D eigenvalue weighted by molar-refractivity contribution is 0.102. The van der Waals surface area contributed by atoms with Gasteiger partial charge in [0.2, 0.25) is 5.28 Å². The molecule has 0 fully saturated rings. The summed E-state index contributed by atoms with van der Waals surface area (Å²) in [5.74, 6) is -0.371. The average Bonchev–Trinajstić information content (AvgIpc) is 2.72. The lowest BCUT2D eigenvalue weighted by atomic mass is 10.3. The molecule has 1 amide bonds. The van der Waals surface area contributed by atoms with Gasteiger partial charge in [0.05, 0.1) is 5.69 Å². The Labute approximate surface area is 114 Å². The third kappa shape index (κ3) is 2.85. The van der Waals surface area contributed by atoms with Gasteiger partial charge in [-0.15, -0.1) is 0 Å². The molecule has 0 aliphatic rings. The lowest BCUT2D eigenvalue weighted by Gasteiger charge is -2.06. The molecule has 0 saturated heterocycles. The molecular formula is C12H13ClN4O2. The molecule has 0 bridgehead atoms. The van der Waals surface area contributed by atoms with E-state index in [4.69, 9.17) is 11.6 Å². The third-order valence-electron chi connectivity index (χ3n) is 2.63. The third-order valence-corrected chi connectivity index (χ3v) is 2.99. The van der Waals surface area contributed by atoms with Crippen molar-refractivity contribution in [3.63, 3.8) is 0 Å². The van der Waals surface area contributed by atoms with Crippen LogP contribution in [0.1, 0.15) is 17.4 Å². The van der Waals surface area contributed by atoms with Crippen molar-refractivity contribution in [3.05, 3.63) is 45.9 Å². The van der Waals surface area contributed by atoms with E-state index in [1.165, 1.54) is 16.8 Å². The number of amides is 1. The van der Waals surface area contributed by atoms with Crippen molar-refractivity contribution in [1.82, 2.24) is 14.1 Å². The Balaban J connectivity index is 2.21. The summed E-state index contributed by atoms with van der Waals surface area (Å²) >= 11 is 5.77. The highest BCUT2D eigenvalue weighted by Crippen LogP contribution is 2.10. The molecule has 0 saturated carbocycles. The van der Waals surface area contributed by atoms with Crippen molar-refractivity contribution in [2.75, 3.05) is 5.32 Å². The predicted octanol–water partition coefficient (Wildman–Crippen LogP) is 1.51. The number of nitrogens with one attached hydrogen (secondary N) is 1. The Morgan fingerprint density at radius 3 is 2.74 bits per heavy atom. The summed E-state index contributed by atoms with van der Waals surface area (Å²) in [5, 5.41) is 2.91. The topological polar surface area (TPSA) is 68.9 Å². The van der Waals surface area contributed by atoms with E-state index < -0.39 is 0 Å². The number of pyridine rings is 1. The highest BCUT2D eigenvalue weighted by Gasteiger charge is 2.12. The standard InChI is InChI=1S/C12H13ClN4O2/c1-3-17-6-8(4-5-10(17)18)14-11(19)9-7-16(2)12(13)15-9/h4-7H,3H2,1-2H3,(H,14,19). The van der Waals surface area contributed by atoms with Crippen molar-refractivity contribution < 1.29 is 4.79 Å². The maximum atomic E-state index is 11.9. The van der Waals surface area contributed by atoms with Crippen molar-refractivity contribution in [2.45, 2.75) is 13.5 Å². The first-order valence-electron chi connectivity index (χ1n) is 5.72. The van der Waals surface area contributed by atoms with Crippen LogP contribution in [0.2, 0.25) is 5.28 Å². The minimum Gasteiger partial charge on any atom is -0.324 e. The molecule has 0 radical (unpaired) electrons. The number of hydrogen-bond acceptors (Lipinski definition) is 3. The SMILES string of the molecule is CCn1cc(NC(=O)c2cn(C)c(Cl)n2)ccc1=O. The lowest BCUT2D eigenvalue weighted by Crippen LogP contribution is -2.19. The van der Waals surface area contributed by atoms with Crippen LogP contribution in [0.4, 0.5) is 5.69 Å². The number of aryl methyl sites for hydroxylation is 2. The van der Waals surface area contributed by atoms with Gasteiger partial charge in [-0.1, -0.05) is 0 Å². The molecular weight excluding hydrogens is 268 g/mol. The van der Waals surface area contributed by atoms with Gasteiger partial charge in [0.15, 0.2) is 0 Å². The van der Waals surface area contributed by atoms with Gasteiger partial charge in [0, 0.05) is 32.1 Å². The number of imidazole rings is 1. The van der Waals surface area contributed by atoms with E-state index in [-0.39, 0.29) is 22.4 Å². The van der Waals surface area contributed by atoms with Crippen molar-refractivity contribution >= 4 is 23.2 Å². The number of carbonyl (C=O) groups is 1. The highest BCUT2D eigenvalue weighted by molar-refractivity contribution is 6.28. The van der Waals surface area contributed by atoms with Crippen molar-refractivity contribution in [2.24, 2.45) is 7.05 Å². The number of hydrogen-bond donors (Lipinski definition) is 1. The molecule has 2 heterocycles. The summed E-state index contributed by atoms with van der Waals surface area (Å²) in [6.45, 7) is 2.39. The molecule has 2 rings (SSSR count). The molecule has 19 heavy (non-hydrogen) atoms. The molecule has 0 aliphatic carbocycles. The quantitative estimate of drug-likeness (QED) is 0.926. The van der Waals surface area contributed by atoms with Crippen LogP contribution in [0.15, 0.2) is 29.3 Å². The van der Waals surface area contributed by atoms with E-state index in [9.17, 15) is 9.59 Å². The maximum absolute atomic E-state index is 11.9. The van der Waals surface area contributed by atoms with E-state index >= 15 is 0 Å². The number of aromatic nitrogens is 3.